The Morgan fingerprint density at radius 3 is 2.83 bits per heavy atom. The van der Waals surface area contributed by atoms with Crippen LogP contribution < -0.4 is 14.3 Å². The Bertz CT molecular complexity index is 725. The Kier molecular flexibility index (Phi) is 5.00. The van der Waals surface area contributed by atoms with E-state index in [4.69, 9.17) is 14.6 Å². The van der Waals surface area contributed by atoms with Gasteiger partial charge >= 0.3 is 4.87 Å². The molecule has 0 saturated heterocycles. The normalized spacial score (nSPS) is 13.5. The lowest BCUT2D eigenvalue weighted by Gasteiger charge is -2.20. The van der Waals surface area contributed by atoms with E-state index in [1.54, 1.807) is 0 Å². The minimum absolute atomic E-state index is 0.0788. The van der Waals surface area contributed by atoms with Gasteiger partial charge in [0.15, 0.2) is 11.5 Å². The predicted octanol–water partition coefficient (Wildman–Crippen LogP) is 1.69. The Morgan fingerprint density at radius 1 is 1.30 bits per heavy atom. The number of nitrogens with one attached hydrogen (secondary N) is 1. The van der Waals surface area contributed by atoms with E-state index in [2.05, 4.69) is 9.88 Å². The lowest BCUT2D eigenvalue weighted by Crippen LogP contribution is -2.25. The highest BCUT2D eigenvalue weighted by Crippen LogP contribution is 2.35. The predicted molar refractivity (Wildman–Crippen MR) is 89.4 cm³/mol. The van der Waals surface area contributed by atoms with Crippen molar-refractivity contribution in [3.05, 3.63) is 32.7 Å². The maximum Gasteiger partial charge on any atom is 0.305 e. The van der Waals surface area contributed by atoms with Crippen molar-refractivity contribution in [3.63, 3.8) is 0 Å². The van der Waals surface area contributed by atoms with Crippen molar-refractivity contribution in [2.24, 2.45) is 0 Å². The molecule has 0 spiro atoms. The van der Waals surface area contributed by atoms with Crippen LogP contribution in [0.4, 0.5) is 0 Å². The zero-order chi connectivity index (χ0) is 16.2. The number of aliphatic hydroxyl groups excluding tert-OH is 1. The number of hydrogen-bond donors (Lipinski definition) is 2. The Hall–Kier alpha value is -1.83. The van der Waals surface area contributed by atoms with E-state index in [-0.39, 0.29) is 11.5 Å². The molecule has 124 valence electrons. The van der Waals surface area contributed by atoms with Crippen molar-refractivity contribution in [1.29, 1.82) is 0 Å². The molecule has 7 heteroatoms. The maximum absolute atomic E-state index is 11.8. The van der Waals surface area contributed by atoms with Gasteiger partial charge in [0.25, 0.3) is 0 Å². The van der Waals surface area contributed by atoms with E-state index in [1.165, 1.54) is 11.3 Å². The summed E-state index contributed by atoms with van der Waals surface area (Å²) in [4.78, 5) is 17.7. The first-order valence-electron chi connectivity index (χ1n) is 7.66. The van der Waals surface area contributed by atoms with E-state index < -0.39 is 0 Å². The standard InChI is InChI=1S/C16H20N2O4S/c1-2-18(5-6-19)10-14-15(17-16(20)23-14)11-3-4-12-13(9-11)22-8-7-21-12/h3-4,9,19H,2,5-8,10H2,1H3,(H,17,20). The fourth-order valence-corrected chi connectivity index (χ4v) is 3.49. The SMILES string of the molecule is CCN(CCO)Cc1sc(=O)[nH]c1-c1ccc2c(c1)OCCO2. The summed E-state index contributed by atoms with van der Waals surface area (Å²) in [6.45, 7) is 5.26. The highest BCUT2D eigenvalue weighted by molar-refractivity contribution is 7.09. The number of benzene rings is 1. The Balaban J connectivity index is 1.92. The second-order valence-electron chi connectivity index (χ2n) is 5.26. The molecule has 6 nitrogen and oxygen atoms in total. The average Bonchev–Trinajstić information content (AvgIpc) is 2.94. The smallest absolute Gasteiger partial charge is 0.305 e. The lowest BCUT2D eigenvalue weighted by molar-refractivity contribution is 0.171. The molecule has 2 heterocycles. The van der Waals surface area contributed by atoms with Crippen molar-refractivity contribution in [2.45, 2.75) is 13.5 Å². The third-order valence-corrected chi connectivity index (χ3v) is 4.65. The van der Waals surface area contributed by atoms with Gasteiger partial charge < -0.3 is 19.6 Å². The molecule has 0 fully saturated rings. The molecule has 1 aromatic carbocycles. The Labute approximate surface area is 138 Å². The molecule has 2 aromatic rings. The highest BCUT2D eigenvalue weighted by Gasteiger charge is 2.17. The monoisotopic (exact) mass is 336 g/mol. The zero-order valence-electron chi connectivity index (χ0n) is 13.0. The summed E-state index contributed by atoms with van der Waals surface area (Å²) in [5.41, 5.74) is 1.72. The van der Waals surface area contributed by atoms with Crippen LogP contribution in [-0.2, 0) is 6.54 Å². The molecule has 0 unspecified atom stereocenters. The van der Waals surface area contributed by atoms with Gasteiger partial charge in [0.05, 0.1) is 12.3 Å². The van der Waals surface area contributed by atoms with Crippen LogP contribution in [0.15, 0.2) is 23.0 Å². The van der Waals surface area contributed by atoms with Crippen molar-refractivity contribution >= 4 is 11.3 Å². The van der Waals surface area contributed by atoms with Crippen LogP contribution in [0.3, 0.4) is 0 Å². The number of aromatic amines is 1. The fourth-order valence-electron chi connectivity index (χ4n) is 2.60. The van der Waals surface area contributed by atoms with E-state index in [0.29, 0.717) is 32.1 Å². The van der Waals surface area contributed by atoms with Gasteiger partial charge in [-0.05, 0) is 24.7 Å². The highest BCUT2D eigenvalue weighted by atomic mass is 32.1. The van der Waals surface area contributed by atoms with E-state index in [0.717, 1.165) is 28.4 Å². The number of hydrogen-bond acceptors (Lipinski definition) is 6. The number of ether oxygens (including phenoxy) is 2. The molecule has 0 aliphatic carbocycles. The van der Waals surface area contributed by atoms with Crippen LogP contribution in [0.25, 0.3) is 11.3 Å². The first-order chi connectivity index (χ1) is 11.2. The Morgan fingerprint density at radius 2 is 2.09 bits per heavy atom. The second-order valence-corrected chi connectivity index (χ2v) is 6.33. The van der Waals surface area contributed by atoms with Crippen LogP contribution in [0, 0.1) is 0 Å². The van der Waals surface area contributed by atoms with Gasteiger partial charge in [0.1, 0.15) is 13.2 Å². The fraction of sp³-hybridized carbons (Fsp3) is 0.438. The number of nitrogens with zero attached hydrogens (tertiary/aromatic N) is 1. The van der Waals surface area contributed by atoms with Crippen LogP contribution in [0.1, 0.15) is 11.8 Å². The van der Waals surface area contributed by atoms with Crippen LogP contribution >= 0.6 is 11.3 Å². The second kappa shape index (κ2) is 7.16. The largest absolute Gasteiger partial charge is 0.486 e. The molecule has 0 amide bonds. The number of thiazole rings is 1. The van der Waals surface area contributed by atoms with Gasteiger partial charge in [-0.25, -0.2) is 0 Å². The number of likely N-dealkylation sites (N-methyl/N-ethyl adjacent to an activating group) is 1. The van der Waals surface area contributed by atoms with Gasteiger partial charge in [-0.2, -0.15) is 0 Å². The number of H-pyrrole nitrogens is 1. The number of rotatable bonds is 6. The first kappa shape index (κ1) is 16.0. The molecule has 2 N–H and O–H groups in total. The van der Waals surface area contributed by atoms with Gasteiger partial charge in [0, 0.05) is 23.5 Å². The van der Waals surface area contributed by atoms with Gasteiger partial charge in [-0.3, -0.25) is 9.69 Å². The van der Waals surface area contributed by atoms with Crippen molar-refractivity contribution in [1.82, 2.24) is 9.88 Å². The van der Waals surface area contributed by atoms with E-state index >= 15 is 0 Å². The number of aromatic nitrogens is 1. The molecule has 0 saturated carbocycles. The summed E-state index contributed by atoms with van der Waals surface area (Å²) in [6, 6.07) is 5.70. The first-order valence-corrected chi connectivity index (χ1v) is 8.48. The van der Waals surface area contributed by atoms with Crippen LogP contribution in [0.5, 0.6) is 11.5 Å². The molecule has 0 atom stereocenters. The van der Waals surface area contributed by atoms with Gasteiger partial charge in [-0.1, -0.05) is 18.3 Å². The molecular weight excluding hydrogens is 316 g/mol. The van der Waals surface area contributed by atoms with Crippen LogP contribution in [-0.4, -0.2) is 47.9 Å². The van der Waals surface area contributed by atoms with E-state index in [1.807, 2.05) is 25.1 Å². The van der Waals surface area contributed by atoms with Gasteiger partial charge in [-0.15, -0.1) is 0 Å². The summed E-state index contributed by atoms with van der Waals surface area (Å²) in [5, 5.41) is 9.13. The molecule has 1 aliphatic rings. The summed E-state index contributed by atoms with van der Waals surface area (Å²) in [6.07, 6.45) is 0. The van der Waals surface area contributed by atoms with E-state index in [9.17, 15) is 4.79 Å². The topological polar surface area (TPSA) is 74.8 Å². The summed E-state index contributed by atoms with van der Waals surface area (Å²) < 4.78 is 11.1. The lowest BCUT2D eigenvalue weighted by atomic mass is 10.1. The molecule has 0 bridgehead atoms. The quantitative estimate of drug-likeness (QED) is 0.840. The number of fused-ring (bicyclic) bond motifs is 1. The van der Waals surface area contributed by atoms with Crippen molar-refractivity contribution < 1.29 is 14.6 Å². The third-order valence-electron chi connectivity index (χ3n) is 3.78. The van der Waals surface area contributed by atoms with Crippen LogP contribution in [0.2, 0.25) is 0 Å². The molecule has 1 aliphatic heterocycles. The maximum atomic E-state index is 11.8. The molecule has 1 aromatic heterocycles. The van der Waals surface area contributed by atoms with Crippen molar-refractivity contribution in [2.75, 3.05) is 32.9 Å². The van der Waals surface area contributed by atoms with Gasteiger partial charge in [0.2, 0.25) is 0 Å². The minimum Gasteiger partial charge on any atom is -0.486 e. The summed E-state index contributed by atoms with van der Waals surface area (Å²) in [5.74, 6) is 1.43. The third kappa shape index (κ3) is 3.57. The molecular formula is C16H20N2O4S. The molecule has 0 radical (unpaired) electrons. The average molecular weight is 336 g/mol. The summed E-state index contributed by atoms with van der Waals surface area (Å²) in [7, 11) is 0. The summed E-state index contributed by atoms with van der Waals surface area (Å²) >= 11 is 1.21. The molecule has 3 rings (SSSR count). The number of aliphatic hydroxyl groups is 1. The zero-order valence-corrected chi connectivity index (χ0v) is 13.8. The minimum atomic E-state index is -0.0788. The molecule has 23 heavy (non-hydrogen) atoms. The van der Waals surface area contributed by atoms with Crippen molar-refractivity contribution in [3.8, 4) is 22.8 Å².